The standard InChI is InChI=1S/C22H16ClF3N4O3S2/c1-3-33-20(32)18-11(2)14(9-27)19(35-18)30-17(31)10-34-21-28-15(8-16(29-21)22(24,25)26)12-4-6-13(23)7-5-12/h4-8H,3,10H2,1-2H3,(H,30,31). The molecule has 0 radical (unpaired) electrons. The summed E-state index contributed by atoms with van der Waals surface area (Å²) < 4.78 is 45.1. The van der Waals surface area contributed by atoms with E-state index in [4.69, 9.17) is 16.3 Å². The van der Waals surface area contributed by atoms with Crippen molar-refractivity contribution in [3.8, 4) is 17.3 Å². The third-order valence-corrected chi connectivity index (χ3v) is 6.73. The van der Waals surface area contributed by atoms with Crippen molar-refractivity contribution in [3.05, 3.63) is 57.1 Å². The van der Waals surface area contributed by atoms with Crippen LogP contribution in [0.3, 0.4) is 0 Å². The van der Waals surface area contributed by atoms with Gasteiger partial charge in [0.05, 0.1) is 23.6 Å². The highest BCUT2D eigenvalue weighted by molar-refractivity contribution is 7.99. The summed E-state index contributed by atoms with van der Waals surface area (Å²) in [5.74, 6) is -1.57. The molecule has 35 heavy (non-hydrogen) atoms. The van der Waals surface area contributed by atoms with Gasteiger partial charge in [0, 0.05) is 10.6 Å². The minimum atomic E-state index is -4.72. The Kier molecular flexibility index (Phi) is 8.37. The lowest BCUT2D eigenvalue weighted by molar-refractivity contribution is -0.141. The molecule has 0 fully saturated rings. The van der Waals surface area contributed by atoms with Crippen LogP contribution in [0.5, 0.6) is 0 Å². The number of carbonyl (C=O) groups is 2. The number of nitriles is 1. The minimum Gasteiger partial charge on any atom is -0.462 e. The molecule has 13 heteroatoms. The predicted molar refractivity (Wildman–Crippen MR) is 127 cm³/mol. The number of thiophene rings is 1. The highest BCUT2D eigenvalue weighted by atomic mass is 35.5. The third-order valence-electron chi connectivity index (χ3n) is 4.44. The van der Waals surface area contributed by atoms with Crippen molar-refractivity contribution in [1.82, 2.24) is 9.97 Å². The van der Waals surface area contributed by atoms with Gasteiger partial charge in [-0.05, 0) is 37.6 Å². The van der Waals surface area contributed by atoms with Gasteiger partial charge in [-0.3, -0.25) is 4.79 Å². The Labute approximate surface area is 211 Å². The van der Waals surface area contributed by atoms with Gasteiger partial charge in [-0.1, -0.05) is 35.5 Å². The largest absolute Gasteiger partial charge is 0.462 e. The summed E-state index contributed by atoms with van der Waals surface area (Å²) in [6.07, 6.45) is -4.72. The first-order chi connectivity index (χ1) is 16.5. The molecule has 7 nitrogen and oxygen atoms in total. The highest BCUT2D eigenvalue weighted by Gasteiger charge is 2.34. The molecule has 182 valence electrons. The molecule has 0 aliphatic heterocycles. The number of amides is 1. The summed E-state index contributed by atoms with van der Waals surface area (Å²) in [6, 6.07) is 8.84. The number of alkyl halides is 3. The number of halogens is 4. The third kappa shape index (κ3) is 6.50. The topological polar surface area (TPSA) is 105 Å². The van der Waals surface area contributed by atoms with Gasteiger partial charge in [-0.15, -0.1) is 11.3 Å². The first-order valence-electron chi connectivity index (χ1n) is 9.89. The molecule has 0 spiro atoms. The molecule has 0 aliphatic rings. The van der Waals surface area contributed by atoms with Gasteiger partial charge >= 0.3 is 12.1 Å². The van der Waals surface area contributed by atoms with Crippen LogP contribution >= 0.6 is 34.7 Å². The molecule has 0 saturated heterocycles. The summed E-state index contributed by atoms with van der Waals surface area (Å²) in [4.78, 5) is 32.4. The number of thioether (sulfide) groups is 1. The summed E-state index contributed by atoms with van der Waals surface area (Å²) in [5, 5.41) is 12.2. The molecule has 1 N–H and O–H groups in total. The molecule has 0 aliphatic carbocycles. The van der Waals surface area contributed by atoms with E-state index in [-0.39, 0.29) is 38.7 Å². The van der Waals surface area contributed by atoms with Crippen LogP contribution in [0.4, 0.5) is 18.2 Å². The Morgan fingerprint density at radius 2 is 1.94 bits per heavy atom. The molecule has 3 rings (SSSR count). The van der Waals surface area contributed by atoms with Crippen LogP contribution in [0.15, 0.2) is 35.5 Å². The van der Waals surface area contributed by atoms with E-state index in [1.807, 2.05) is 6.07 Å². The summed E-state index contributed by atoms with van der Waals surface area (Å²) >= 11 is 7.43. The fourth-order valence-electron chi connectivity index (χ4n) is 2.82. The van der Waals surface area contributed by atoms with E-state index in [9.17, 15) is 28.0 Å². The van der Waals surface area contributed by atoms with Gasteiger partial charge in [-0.2, -0.15) is 18.4 Å². The van der Waals surface area contributed by atoms with Crippen LogP contribution in [-0.4, -0.2) is 34.2 Å². The monoisotopic (exact) mass is 540 g/mol. The smallest absolute Gasteiger partial charge is 0.433 e. The molecule has 0 saturated carbocycles. The van der Waals surface area contributed by atoms with E-state index < -0.39 is 23.7 Å². The quantitative estimate of drug-likeness (QED) is 0.224. The van der Waals surface area contributed by atoms with Crippen molar-refractivity contribution >= 4 is 51.6 Å². The second-order valence-electron chi connectivity index (χ2n) is 6.86. The first-order valence-corrected chi connectivity index (χ1v) is 12.1. The van der Waals surface area contributed by atoms with E-state index in [2.05, 4.69) is 15.3 Å². The van der Waals surface area contributed by atoms with Crippen LogP contribution in [-0.2, 0) is 15.7 Å². The van der Waals surface area contributed by atoms with Crippen LogP contribution in [0.1, 0.15) is 33.4 Å². The number of nitrogens with one attached hydrogen (secondary N) is 1. The second-order valence-corrected chi connectivity index (χ2v) is 9.25. The van der Waals surface area contributed by atoms with E-state index in [0.29, 0.717) is 27.9 Å². The van der Waals surface area contributed by atoms with Crippen LogP contribution in [0.25, 0.3) is 11.3 Å². The number of ether oxygens (including phenoxy) is 1. The Morgan fingerprint density at radius 1 is 1.26 bits per heavy atom. The number of hydrogen-bond acceptors (Lipinski definition) is 8. The molecule has 3 aromatic rings. The molecule has 0 atom stereocenters. The van der Waals surface area contributed by atoms with Crippen molar-refractivity contribution in [1.29, 1.82) is 5.26 Å². The average molecular weight is 541 g/mol. The predicted octanol–water partition coefficient (Wildman–Crippen LogP) is 5.96. The van der Waals surface area contributed by atoms with E-state index in [0.717, 1.165) is 17.4 Å². The second kappa shape index (κ2) is 11.1. The lowest BCUT2D eigenvalue weighted by Crippen LogP contribution is -2.15. The summed E-state index contributed by atoms with van der Waals surface area (Å²) in [5.41, 5.74) is -0.260. The summed E-state index contributed by atoms with van der Waals surface area (Å²) in [6.45, 7) is 3.34. The maximum absolute atomic E-state index is 13.4. The molecular formula is C22H16ClF3N4O3S2. The Hall–Kier alpha value is -3.14. The fraction of sp³-hybridized carbons (Fsp3) is 0.227. The van der Waals surface area contributed by atoms with Gasteiger partial charge in [0.2, 0.25) is 5.91 Å². The molecule has 0 bridgehead atoms. The van der Waals surface area contributed by atoms with Crippen molar-refractivity contribution in [2.24, 2.45) is 0 Å². The molecule has 2 heterocycles. The van der Waals surface area contributed by atoms with E-state index >= 15 is 0 Å². The maximum atomic E-state index is 13.4. The normalized spacial score (nSPS) is 11.1. The van der Waals surface area contributed by atoms with Crippen molar-refractivity contribution in [2.45, 2.75) is 25.2 Å². The van der Waals surface area contributed by atoms with Gasteiger partial charge in [-0.25, -0.2) is 14.8 Å². The molecular weight excluding hydrogens is 525 g/mol. The van der Waals surface area contributed by atoms with Crippen LogP contribution in [0.2, 0.25) is 5.02 Å². The zero-order valence-electron chi connectivity index (χ0n) is 18.2. The average Bonchev–Trinajstić information content (AvgIpc) is 3.12. The van der Waals surface area contributed by atoms with Crippen molar-refractivity contribution < 1.29 is 27.5 Å². The minimum absolute atomic E-state index is 0.0200. The number of carbonyl (C=O) groups excluding carboxylic acids is 2. The van der Waals surface area contributed by atoms with E-state index in [1.54, 1.807) is 13.8 Å². The van der Waals surface area contributed by atoms with Crippen LogP contribution in [0, 0.1) is 18.3 Å². The van der Waals surface area contributed by atoms with Gasteiger partial charge < -0.3 is 10.1 Å². The zero-order valence-corrected chi connectivity index (χ0v) is 20.6. The van der Waals surface area contributed by atoms with Crippen molar-refractivity contribution in [2.75, 3.05) is 17.7 Å². The lowest BCUT2D eigenvalue weighted by atomic mass is 10.1. The van der Waals surface area contributed by atoms with Gasteiger partial charge in [0.1, 0.15) is 21.6 Å². The number of rotatable bonds is 7. The molecule has 0 unspecified atom stereocenters. The lowest BCUT2D eigenvalue weighted by Gasteiger charge is -2.10. The van der Waals surface area contributed by atoms with E-state index in [1.165, 1.54) is 24.3 Å². The van der Waals surface area contributed by atoms with Gasteiger partial charge in [0.25, 0.3) is 0 Å². The Balaban J connectivity index is 1.81. The Bertz CT molecular complexity index is 1310. The number of nitrogens with zero attached hydrogens (tertiary/aromatic N) is 3. The number of aromatic nitrogens is 2. The fourth-order valence-corrected chi connectivity index (χ4v) is 4.68. The number of benzene rings is 1. The first kappa shape index (κ1) is 26.5. The van der Waals surface area contributed by atoms with Gasteiger partial charge in [0.15, 0.2) is 5.16 Å². The molecule has 1 aromatic carbocycles. The number of anilines is 1. The summed E-state index contributed by atoms with van der Waals surface area (Å²) in [7, 11) is 0. The number of hydrogen-bond donors (Lipinski definition) is 1. The van der Waals surface area contributed by atoms with Crippen LogP contribution < -0.4 is 5.32 Å². The molecule has 2 aromatic heterocycles. The molecule has 1 amide bonds. The highest BCUT2D eigenvalue weighted by Crippen LogP contribution is 2.34. The SMILES string of the molecule is CCOC(=O)c1sc(NC(=O)CSc2nc(-c3ccc(Cl)cc3)cc(C(F)(F)F)n2)c(C#N)c1C. The van der Waals surface area contributed by atoms with Crippen molar-refractivity contribution in [3.63, 3.8) is 0 Å². The Morgan fingerprint density at radius 3 is 2.54 bits per heavy atom. The maximum Gasteiger partial charge on any atom is 0.433 e. The zero-order chi connectivity index (χ0) is 25.8. The number of esters is 1.